The van der Waals surface area contributed by atoms with Crippen LogP contribution in [0.25, 0.3) is 0 Å². The average molecular weight is 303 g/mol. The largest absolute Gasteiger partial charge is 0.492 e. The number of hydrogen-bond acceptors (Lipinski definition) is 3. The topological polar surface area (TPSA) is 34.2 Å². The van der Waals surface area contributed by atoms with Crippen molar-refractivity contribution in [2.45, 2.75) is 32.4 Å². The number of rotatable bonds is 3. The molecule has 3 nitrogen and oxygen atoms in total. The molecule has 0 saturated carbocycles. The highest BCUT2D eigenvalue weighted by atomic mass is 35.5. The predicted octanol–water partition coefficient (Wildman–Crippen LogP) is 4.05. The first kappa shape index (κ1) is 14.4. The van der Waals surface area contributed by atoms with E-state index < -0.39 is 0 Å². The van der Waals surface area contributed by atoms with Gasteiger partial charge in [0.25, 0.3) is 0 Å². The van der Waals surface area contributed by atoms with E-state index in [1.54, 1.807) is 0 Å². The molecule has 0 fully saturated rings. The Labute approximate surface area is 130 Å². The molecule has 3 rings (SSSR count). The number of para-hydroxylation sites is 1. The summed E-state index contributed by atoms with van der Waals surface area (Å²) in [5, 5.41) is 4.29. The molecular weight excluding hydrogens is 284 g/mol. The molecule has 0 unspecified atom stereocenters. The molecule has 2 aromatic rings. The highest BCUT2D eigenvalue weighted by molar-refractivity contribution is 6.32. The van der Waals surface area contributed by atoms with Gasteiger partial charge in [0.05, 0.1) is 17.3 Å². The quantitative estimate of drug-likeness (QED) is 0.929. The first-order valence-electron chi connectivity index (χ1n) is 7.31. The average Bonchev–Trinajstić information content (AvgIpc) is 2.70. The number of benzene rings is 1. The maximum Gasteiger partial charge on any atom is 0.142 e. The molecule has 0 radical (unpaired) electrons. The Morgan fingerprint density at radius 1 is 1.33 bits per heavy atom. The molecule has 110 valence electrons. The Morgan fingerprint density at radius 3 is 3.10 bits per heavy atom. The smallest absolute Gasteiger partial charge is 0.142 e. The van der Waals surface area contributed by atoms with Gasteiger partial charge in [-0.25, -0.2) is 0 Å². The number of ether oxygens (including phenoxy) is 1. The van der Waals surface area contributed by atoms with Crippen LogP contribution in [-0.4, -0.2) is 11.6 Å². The number of hydrogen-bond donors (Lipinski definition) is 1. The summed E-state index contributed by atoms with van der Waals surface area (Å²) < 4.78 is 5.80. The summed E-state index contributed by atoms with van der Waals surface area (Å²) in [5.41, 5.74) is 3.45. The number of nitrogens with zero attached hydrogens (tertiary/aromatic N) is 1. The standard InChI is InChI=1S/C17H19ClN2O/c1-12-5-3-9-19-16(12)11-20-15-8-4-10-21-17-13(15)6-2-7-14(17)18/h2-3,5-7,9,15,20H,4,8,10-11H2,1H3/t15-/m1/s1. The van der Waals surface area contributed by atoms with E-state index in [-0.39, 0.29) is 6.04 Å². The van der Waals surface area contributed by atoms with Gasteiger partial charge in [-0.1, -0.05) is 29.8 Å². The summed E-state index contributed by atoms with van der Waals surface area (Å²) >= 11 is 6.26. The van der Waals surface area contributed by atoms with Crippen LogP contribution in [0.5, 0.6) is 5.75 Å². The molecule has 4 heteroatoms. The van der Waals surface area contributed by atoms with Crippen molar-refractivity contribution >= 4 is 11.6 Å². The normalized spacial score (nSPS) is 17.7. The molecule has 0 aliphatic carbocycles. The van der Waals surface area contributed by atoms with Gasteiger partial charge < -0.3 is 10.1 Å². The fourth-order valence-electron chi connectivity index (χ4n) is 2.70. The monoisotopic (exact) mass is 302 g/mol. The molecule has 21 heavy (non-hydrogen) atoms. The van der Waals surface area contributed by atoms with Crippen molar-refractivity contribution in [2.24, 2.45) is 0 Å². The molecule has 1 N–H and O–H groups in total. The molecule has 0 saturated heterocycles. The zero-order chi connectivity index (χ0) is 14.7. The lowest BCUT2D eigenvalue weighted by Gasteiger charge is -2.19. The minimum absolute atomic E-state index is 0.252. The van der Waals surface area contributed by atoms with Gasteiger partial charge in [-0.3, -0.25) is 4.98 Å². The Morgan fingerprint density at radius 2 is 2.24 bits per heavy atom. The maximum absolute atomic E-state index is 6.26. The van der Waals surface area contributed by atoms with Crippen LogP contribution < -0.4 is 10.1 Å². The fraction of sp³-hybridized carbons (Fsp3) is 0.353. The Kier molecular flexibility index (Phi) is 4.42. The van der Waals surface area contributed by atoms with E-state index in [4.69, 9.17) is 16.3 Å². The second-order valence-corrected chi connectivity index (χ2v) is 5.76. The van der Waals surface area contributed by atoms with Crippen LogP contribution in [0.1, 0.15) is 35.7 Å². The number of fused-ring (bicyclic) bond motifs is 1. The van der Waals surface area contributed by atoms with Crippen molar-refractivity contribution < 1.29 is 4.74 Å². The summed E-state index contributed by atoms with van der Waals surface area (Å²) in [6, 6.07) is 10.3. The van der Waals surface area contributed by atoms with Crippen LogP contribution in [0.15, 0.2) is 36.5 Å². The second-order valence-electron chi connectivity index (χ2n) is 5.35. The second kappa shape index (κ2) is 6.46. The van der Waals surface area contributed by atoms with Crippen molar-refractivity contribution in [1.82, 2.24) is 10.3 Å². The van der Waals surface area contributed by atoms with Gasteiger partial charge in [0.2, 0.25) is 0 Å². The van der Waals surface area contributed by atoms with E-state index in [2.05, 4.69) is 29.4 Å². The van der Waals surface area contributed by atoms with E-state index >= 15 is 0 Å². The number of pyridine rings is 1. The highest BCUT2D eigenvalue weighted by Crippen LogP contribution is 2.36. The molecule has 1 aromatic heterocycles. The van der Waals surface area contributed by atoms with E-state index in [0.717, 1.165) is 43.0 Å². The van der Waals surface area contributed by atoms with Crippen LogP contribution >= 0.6 is 11.6 Å². The van der Waals surface area contributed by atoms with Gasteiger partial charge in [0, 0.05) is 24.3 Å². The van der Waals surface area contributed by atoms with Gasteiger partial charge in [-0.15, -0.1) is 0 Å². The maximum atomic E-state index is 6.26. The van der Waals surface area contributed by atoms with E-state index in [1.807, 2.05) is 24.4 Å². The van der Waals surface area contributed by atoms with Crippen molar-refractivity contribution in [1.29, 1.82) is 0 Å². The molecule has 0 amide bonds. The van der Waals surface area contributed by atoms with Gasteiger partial charge in [-0.2, -0.15) is 0 Å². The predicted molar refractivity (Wildman–Crippen MR) is 84.7 cm³/mol. The van der Waals surface area contributed by atoms with Crippen molar-refractivity contribution in [3.8, 4) is 5.75 Å². The van der Waals surface area contributed by atoms with Crippen LogP contribution in [0.4, 0.5) is 0 Å². The van der Waals surface area contributed by atoms with E-state index in [1.165, 1.54) is 5.56 Å². The molecule has 1 atom stereocenters. The first-order chi connectivity index (χ1) is 10.3. The van der Waals surface area contributed by atoms with Crippen LogP contribution in [0.2, 0.25) is 5.02 Å². The van der Waals surface area contributed by atoms with Crippen LogP contribution in [0.3, 0.4) is 0 Å². The minimum atomic E-state index is 0.252. The molecular formula is C17H19ClN2O. The summed E-state index contributed by atoms with van der Waals surface area (Å²) in [4.78, 5) is 4.44. The van der Waals surface area contributed by atoms with E-state index in [9.17, 15) is 0 Å². The summed E-state index contributed by atoms with van der Waals surface area (Å²) in [6.45, 7) is 3.56. The Hall–Kier alpha value is -1.58. The van der Waals surface area contributed by atoms with Gasteiger partial charge in [0.1, 0.15) is 5.75 Å². The molecule has 1 aliphatic heterocycles. The van der Waals surface area contributed by atoms with E-state index in [0.29, 0.717) is 5.02 Å². The third-order valence-electron chi connectivity index (χ3n) is 3.89. The third-order valence-corrected chi connectivity index (χ3v) is 4.19. The zero-order valence-electron chi connectivity index (χ0n) is 12.1. The lowest BCUT2D eigenvalue weighted by atomic mass is 10.0. The van der Waals surface area contributed by atoms with Crippen molar-refractivity contribution in [3.05, 3.63) is 58.4 Å². The van der Waals surface area contributed by atoms with Crippen molar-refractivity contribution in [3.63, 3.8) is 0 Å². The van der Waals surface area contributed by atoms with Gasteiger partial charge in [0.15, 0.2) is 0 Å². The molecule has 0 bridgehead atoms. The molecule has 1 aliphatic rings. The SMILES string of the molecule is Cc1cccnc1CN[C@@H]1CCCOc2c(Cl)cccc21. The molecule has 0 spiro atoms. The van der Waals surface area contributed by atoms with Crippen LogP contribution in [0, 0.1) is 6.92 Å². The minimum Gasteiger partial charge on any atom is -0.492 e. The summed E-state index contributed by atoms with van der Waals surface area (Å²) in [5.74, 6) is 0.826. The van der Waals surface area contributed by atoms with Gasteiger partial charge >= 0.3 is 0 Å². The number of aromatic nitrogens is 1. The Bertz CT molecular complexity index is 630. The lowest BCUT2D eigenvalue weighted by molar-refractivity contribution is 0.315. The number of halogens is 1. The number of aryl methyl sites for hydroxylation is 1. The summed E-state index contributed by atoms with van der Waals surface area (Å²) in [6.07, 6.45) is 3.90. The first-order valence-corrected chi connectivity index (χ1v) is 7.68. The van der Waals surface area contributed by atoms with Crippen LogP contribution in [-0.2, 0) is 6.54 Å². The third kappa shape index (κ3) is 3.20. The van der Waals surface area contributed by atoms with Crippen molar-refractivity contribution in [2.75, 3.05) is 6.61 Å². The fourth-order valence-corrected chi connectivity index (χ4v) is 2.94. The number of nitrogens with one attached hydrogen (secondary N) is 1. The van der Waals surface area contributed by atoms with Gasteiger partial charge in [-0.05, 0) is 37.5 Å². The molecule has 1 aromatic carbocycles. The summed E-state index contributed by atoms with van der Waals surface area (Å²) in [7, 11) is 0. The molecule has 2 heterocycles. The zero-order valence-corrected chi connectivity index (χ0v) is 12.9. The lowest BCUT2D eigenvalue weighted by Crippen LogP contribution is -2.21. The highest BCUT2D eigenvalue weighted by Gasteiger charge is 2.21. The Balaban J connectivity index is 1.80.